The molecule has 1 aromatic carbocycles. The fourth-order valence-corrected chi connectivity index (χ4v) is 3.99. The van der Waals surface area contributed by atoms with Crippen molar-refractivity contribution >= 4 is 50.8 Å². The Morgan fingerprint density at radius 2 is 2.31 bits per heavy atom. The van der Waals surface area contributed by atoms with Crippen molar-refractivity contribution in [3.8, 4) is 0 Å². The molecule has 0 bridgehead atoms. The lowest BCUT2D eigenvalue weighted by molar-refractivity contribution is -0.118. The number of aryl methyl sites for hydroxylation is 1. The van der Waals surface area contributed by atoms with Crippen molar-refractivity contribution in [2.24, 2.45) is 11.0 Å². The summed E-state index contributed by atoms with van der Waals surface area (Å²) in [6, 6.07) is 7.92. The molecule has 1 aliphatic rings. The van der Waals surface area contributed by atoms with E-state index in [0.29, 0.717) is 6.42 Å². The van der Waals surface area contributed by atoms with E-state index in [9.17, 15) is 9.90 Å². The number of allylic oxidation sites excluding steroid dienone is 4. The summed E-state index contributed by atoms with van der Waals surface area (Å²) in [5.41, 5.74) is 4.49. The molecule has 1 atom stereocenters. The summed E-state index contributed by atoms with van der Waals surface area (Å²) in [6.07, 6.45) is 5.59. The summed E-state index contributed by atoms with van der Waals surface area (Å²) >= 11 is 4.78. The highest BCUT2D eigenvalue weighted by molar-refractivity contribution is 9.11. The number of amides is 1. The SMILES string of the molecule is CCn1c(SCC(=O)N/N=C/C2CC(Br)=CC=C2O)nc2ccccc21. The van der Waals surface area contributed by atoms with Crippen LogP contribution in [0.25, 0.3) is 11.0 Å². The Morgan fingerprint density at radius 3 is 3.12 bits per heavy atom. The highest BCUT2D eigenvalue weighted by atomic mass is 79.9. The van der Waals surface area contributed by atoms with Gasteiger partial charge in [-0.05, 0) is 42.1 Å². The quantitative estimate of drug-likeness (QED) is 0.409. The number of nitrogens with zero attached hydrogens (tertiary/aromatic N) is 3. The zero-order valence-corrected chi connectivity index (χ0v) is 16.6. The Balaban J connectivity index is 1.56. The standard InChI is InChI=1S/C18H19BrN4O2S/c1-2-23-15-6-4-3-5-14(15)21-18(23)26-11-17(25)22-20-10-12-9-13(19)7-8-16(12)24/h3-8,10,12,24H,2,9,11H2,1H3,(H,22,25)/b20-10+. The number of aliphatic hydroxyl groups is 1. The molecule has 26 heavy (non-hydrogen) atoms. The summed E-state index contributed by atoms with van der Waals surface area (Å²) in [5.74, 6) is 0.00946. The van der Waals surface area contributed by atoms with E-state index in [1.165, 1.54) is 11.8 Å². The van der Waals surface area contributed by atoms with E-state index >= 15 is 0 Å². The van der Waals surface area contributed by atoms with Gasteiger partial charge in [-0.1, -0.05) is 39.8 Å². The average Bonchev–Trinajstić information content (AvgIpc) is 3.00. The summed E-state index contributed by atoms with van der Waals surface area (Å²) in [5, 5.41) is 14.6. The number of imidazole rings is 1. The maximum atomic E-state index is 12.0. The van der Waals surface area contributed by atoms with Crippen LogP contribution in [0.5, 0.6) is 0 Å². The molecule has 0 radical (unpaired) electrons. The van der Waals surface area contributed by atoms with Gasteiger partial charge in [0.05, 0.1) is 22.7 Å². The third-order valence-electron chi connectivity index (χ3n) is 3.94. The lowest BCUT2D eigenvalue weighted by Gasteiger charge is -2.14. The minimum absolute atomic E-state index is 0.213. The number of carbonyl (C=O) groups excluding carboxylic acids is 1. The number of hydrogen-bond donors (Lipinski definition) is 2. The molecule has 1 aromatic heterocycles. The first-order valence-corrected chi connectivity index (χ1v) is 10.0. The van der Waals surface area contributed by atoms with Gasteiger partial charge >= 0.3 is 0 Å². The van der Waals surface area contributed by atoms with Gasteiger partial charge in [-0.25, -0.2) is 10.4 Å². The van der Waals surface area contributed by atoms with Crippen LogP contribution in [-0.4, -0.2) is 32.5 Å². The van der Waals surface area contributed by atoms with Gasteiger partial charge < -0.3 is 9.67 Å². The van der Waals surface area contributed by atoms with Gasteiger partial charge in [0.25, 0.3) is 5.91 Å². The third kappa shape index (κ3) is 4.37. The molecule has 1 heterocycles. The minimum Gasteiger partial charge on any atom is -0.512 e. The Kier molecular flexibility index (Phi) is 6.16. The number of hydrazone groups is 1. The van der Waals surface area contributed by atoms with Crippen LogP contribution in [0.15, 0.2) is 56.9 Å². The number of para-hydroxylation sites is 2. The predicted octanol–water partition coefficient (Wildman–Crippen LogP) is 3.99. The largest absolute Gasteiger partial charge is 0.512 e. The highest BCUT2D eigenvalue weighted by Crippen LogP contribution is 2.26. The number of rotatable bonds is 6. The number of carbonyl (C=O) groups is 1. The molecule has 6 nitrogen and oxygen atoms in total. The van der Waals surface area contributed by atoms with Gasteiger partial charge in [0.15, 0.2) is 5.16 Å². The predicted molar refractivity (Wildman–Crippen MR) is 109 cm³/mol. The number of aromatic nitrogens is 2. The van der Waals surface area contributed by atoms with Gasteiger partial charge in [0.2, 0.25) is 0 Å². The van der Waals surface area contributed by atoms with E-state index in [0.717, 1.165) is 27.2 Å². The molecule has 2 N–H and O–H groups in total. The molecule has 8 heteroatoms. The first kappa shape index (κ1) is 18.7. The van der Waals surface area contributed by atoms with Crippen LogP contribution >= 0.6 is 27.7 Å². The summed E-state index contributed by atoms with van der Waals surface area (Å²) < 4.78 is 3.07. The molecule has 1 unspecified atom stereocenters. The van der Waals surface area contributed by atoms with Gasteiger partial charge in [-0.3, -0.25) is 4.79 Å². The maximum absolute atomic E-state index is 12.0. The maximum Gasteiger partial charge on any atom is 0.250 e. The van der Waals surface area contributed by atoms with Crippen molar-refractivity contribution < 1.29 is 9.90 Å². The lowest BCUT2D eigenvalue weighted by Crippen LogP contribution is -2.21. The second kappa shape index (κ2) is 8.55. The molecule has 0 saturated heterocycles. The second-order valence-corrected chi connectivity index (χ2v) is 7.71. The Bertz CT molecular complexity index is 904. The van der Waals surface area contributed by atoms with Gasteiger partial charge in [-0.15, -0.1) is 0 Å². The number of halogens is 1. The molecule has 0 spiro atoms. The average molecular weight is 435 g/mol. The van der Waals surface area contributed by atoms with E-state index in [-0.39, 0.29) is 23.3 Å². The fraction of sp³-hybridized carbons (Fsp3) is 0.278. The number of thioether (sulfide) groups is 1. The van der Waals surface area contributed by atoms with E-state index in [1.54, 1.807) is 18.4 Å². The van der Waals surface area contributed by atoms with Crippen molar-refractivity contribution in [1.29, 1.82) is 0 Å². The molecule has 1 aliphatic carbocycles. The van der Waals surface area contributed by atoms with Crippen LogP contribution in [0.2, 0.25) is 0 Å². The van der Waals surface area contributed by atoms with Crippen molar-refractivity contribution in [3.63, 3.8) is 0 Å². The fourth-order valence-electron chi connectivity index (χ4n) is 2.64. The molecular weight excluding hydrogens is 416 g/mol. The molecule has 0 aliphatic heterocycles. The molecule has 2 aromatic rings. The third-order valence-corrected chi connectivity index (χ3v) is 5.51. The van der Waals surface area contributed by atoms with Crippen molar-refractivity contribution in [3.05, 3.63) is 46.7 Å². The zero-order valence-electron chi connectivity index (χ0n) is 14.2. The Morgan fingerprint density at radius 1 is 1.50 bits per heavy atom. The van der Waals surface area contributed by atoms with Crippen LogP contribution in [0.1, 0.15) is 13.3 Å². The first-order chi connectivity index (χ1) is 12.6. The van der Waals surface area contributed by atoms with Gasteiger partial charge in [0, 0.05) is 12.8 Å². The smallest absolute Gasteiger partial charge is 0.250 e. The topological polar surface area (TPSA) is 79.5 Å². The van der Waals surface area contributed by atoms with E-state index in [1.807, 2.05) is 24.3 Å². The molecule has 1 amide bonds. The summed E-state index contributed by atoms with van der Waals surface area (Å²) in [4.78, 5) is 16.6. The Hall–Kier alpha value is -2.06. The molecule has 136 valence electrons. The van der Waals surface area contributed by atoms with E-state index < -0.39 is 0 Å². The van der Waals surface area contributed by atoms with Crippen molar-refractivity contribution in [2.75, 3.05) is 5.75 Å². The number of benzene rings is 1. The molecular formula is C18H19BrN4O2S. The number of hydrogen-bond acceptors (Lipinski definition) is 5. The molecule has 3 rings (SSSR count). The molecule has 0 saturated carbocycles. The van der Waals surface area contributed by atoms with E-state index in [4.69, 9.17) is 0 Å². The van der Waals surface area contributed by atoms with Crippen molar-refractivity contribution in [1.82, 2.24) is 15.0 Å². The van der Waals surface area contributed by atoms with Gasteiger partial charge in [0.1, 0.15) is 5.76 Å². The first-order valence-electron chi connectivity index (χ1n) is 8.23. The van der Waals surface area contributed by atoms with Crippen LogP contribution in [0.4, 0.5) is 0 Å². The number of fused-ring (bicyclic) bond motifs is 1. The molecule has 0 fully saturated rings. The lowest BCUT2D eigenvalue weighted by atomic mass is 10.0. The zero-order chi connectivity index (χ0) is 18.5. The summed E-state index contributed by atoms with van der Waals surface area (Å²) in [7, 11) is 0. The van der Waals surface area contributed by atoms with Crippen LogP contribution in [0, 0.1) is 5.92 Å². The van der Waals surface area contributed by atoms with Crippen molar-refractivity contribution in [2.45, 2.75) is 25.0 Å². The minimum atomic E-state index is -0.230. The van der Waals surface area contributed by atoms with Crippen LogP contribution in [-0.2, 0) is 11.3 Å². The summed E-state index contributed by atoms with van der Waals surface area (Å²) in [6.45, 7) is 2.84. The Labute approximate surface area is 164 Å². The van der Waals surface area contributed by atoms with Gasteiger partial charge in [-0.2, -0.15) is 5.10 Å². The van der Waals surface area contributed by atoms with Crippen LogP contribution in [0.3, 0.4) is 0 Å². The normalized spacial score (nSPS) is 17.4. The monoisotopic (exact) mass is 434 g/mol. The highest BCUT2D eigenvalue weighted by Gasteiger charge is 2.16. The second-order valence-electron chi connectivity index (χ2n) is 5.74. The number of aliphatic hydroxyl groups excluding tert-OH is 1. The van der Waals surface area contributed by atoms with E-state index in [2.05, 4.69) is 42.9 Å². The number of nitrogens with one attached hydrogen (secondary N) is 1. The van der Waals surface area contributed by atoms with Crippen LogP contribution < -0.4 is 5.43 Å².